The van der Waals surface area contributed by atoms with Crippen LogP contribution in [0.3, 0.4) is 0 Å². The van der Waals surface area contributed by atoms with Crippen molar-refractivity contribution in [3.05, 3.63) is 47.9 Å². The van der Waals surface area contributed by atoms with E-state index in [9.17, 15) is 14.4 Å². The number of nitrogens with one attached hydrogen (secondary N) is 3. The van der Waals surface area contributed by atoms with Gasteiger partial charge in [0.2, 0.25) is 5.91 Å². The molecule has 8 heteroatoms. The molecule has 118 valence electrons. The van der Waals surface area contributed by atoms with E-state index in [0.717, 1.165) is 34.5 Å². The molecule has 0 aliphatic heterocycles. The molecule has 0 fully saturated rings. The first kappa shape index (κ1) is 16.2. The predicted octanol–water partition coefficient (Wildman–Crippen LogP) is 0.640. The van der Waals surface area contributed by atoms with Crippen molar-refractivity contribution in [3.63, 3.8) is 0 Å². The average molecular weight is 322 g/mol. The van der Waals surface area contributed by atoms with Gasteiger partial charge in [-0.1, -0.05) is 6.92 Å². The van der Waals surface area contributed by atoms with Crippen LogP contribution in [0.15, 0.2) is 15.7 Å². The van der Waals surface area contributed by atoms with Gasteiger partial charge >= 0.3 is 0 Å². The highest BCUT2D eigenvalue weighted by Crippen LogP contribution is 2.19. The number of hydrogen-bond acceptors (Lipinski definition) is 5. The fourth-order valence-electron chi connectivity index (χ4n) is 1.98. The highest BCUT2D eigenvalue weighted by atomic mass is 32.1. The maximum atomic E-state index is 11.9. The van der Waals surface area contributed by atoms with Gasteiger partial charge in [0.25, 0.3) is 11.1 Å². The topological polar surface area (TPSA) is 108 Å². The molecule has 2 heterocycles. The van der Waals surface area contributed by atoms with Crippen LogP contribution in [0.25, 0.3) is 0 Å². The zero-order valence-electron chi connectivity index (χ0n) is 12.5. The quantitative estimate of drug-likeness (QED) is 0.725. The van der Waals surface area contributed by atoms with Gasteiger partial charge < -0.3 is 5.32 Å². The average Bonchev–Trinajstić information content (AvgIpc) is 2.81. The van der Waals surface area contributed by atoms with Crippen LogP contribution in [-0.2, 0) is 24.2 Å². The maximum Gasteiger partial charge on any atom is 0.266 e. The lowest BCUT2D eigenvalue weighted by Crippen LogP contribution is -2.29. The molecule has 2 rings (SSSR count). The van der Waals surface area contributed by atoms with Crippen LogP contribution in [0.1, 0.15) is 34.5 Å². The minimum Gasteiger partial charge on any atom is -0.351 e. The van der Waals surface area contributed by atoms with Crippen LogP contribution in [-0.4, -0.2) is 21.1 Å². The normalized spacial score (nSPS) is 10.6. The Morgan fingerprint density at radius 3 is 2.86 bits per heavy atom. The van der Waals surface area contributed by atoms with Crippen molar-refractivity contribution in [1.29, 1.82) is 0 Å². The van der Waals surface area contributed by atoms with Gasteiger partial charge in [-0.05, 0) is 19.8 Å². The molecule has 3 N–H and O–H groups in total. The summed E-state index contributed by atoms with van der Waals surface area (Å²) < 4.78 is 0. The summed E-state index contributed by atoms with van der Waals surface area (Å²) in [5.74, 6) is -0.305. The zero-order chi connectivity index (χ0) is 16.1. The second-order valence-corrected chi connectivity index (χ2v) is 6.10. The number of aromatic nitrogens is 3. The summed E-state index contributed by atoms with van der Waals surface area (Å²) in [5.41, 5.74) is 0.163. The summed E-state index contributed by atoms with van der Waals surface area (Å²) in [6.45, 7) is 4.39. The lowest BCUT2D eigenvalue weighted by molar-refractivity contribution is -0.120. The summed E-state index contributed by atoms with van der Waals surface area (Å²) in [7, 11) is 0. The van der Waals surface area contributed by atoms with Crippen LogP contribution in [0.2, 0.25) is 0 Å². The van der Waals surface area contributed by atoms with Crippen molar-refractivity contribution in [2.75, 3.05) is 0 Å². The van der Waals surface area contributed by atoms with E-state index in [2.05, 4.69) is 27.4 Å². The zero-order valence-corrected chi connectivity index (χ0v) is 13.3. The number of nitrogens with zero attached hydrogens (tertiary/aromatic N) is 1. The molecule has 0 aliphatic rings. The molecule has 0 aliphatic carbocycles. The van der Waals surface area contributed by atoms with Gasteiger partial charge in [0, 0.05) is 16.5 Å². The number of aryl methyl sites for hydroxylation is 2. The van der Waals surface area contributed by atoms with E-state index in [1.807, 2.05) is 6.92 Å². The fraction of sp³-hybridized carbons (Fsp3) is 0.429. The monoisotopic (exact) mass is 322 g/mol. The molecule has 0 saturated carbocycles. The number of thiazole rings is 1. The minimum atomic E-state index is -0.464. The smallest absolute Gasteiger partial charge is 0.266 e. The number of carbonyl (C=O) groups excluding carboxylic acids is 1. The summed E-state index contributed by atoms with van der Waals surface area (Å²) in [4.78, 5) is 40.0. The molecular formula is C14H18N4O3S. The summed E-state index contributed by atoms with van der Waals surface area (Å²) >= 11 is 1.59. The lowest BCUT2D eigenvalue weighted by atomic mass is 10.2. The van der Waals surface area contributed by atoms with Crippen LogP contribution in [0, 0.1) is 6.92 Å². The van der Waals surface area contributed by atoms with E-state index in [1.165, 1.54) is 0 Å². The van der Waals surface area contributed by atoms with E-state index in [1.54, 1.807) is 11.3 Å². The third-order valence-electron chi connectivity index (χ3n) is 3.09. The summed E-state index contributed by atoms with van der Waals surface area (Å²) in [5, 5.41) is 8.18. The largest absolute Gasteiger partial charge is 0.351 e. The summed E-state index contributed by atoms with van der Waals surface area (Å²) in [6.07, 6.45) is 1.84. The van der Waals surface area contributed by atoms with Gasteiger partial charge in [0.15, 0.2) is 0 Å². The first-order valence-electron chi connectivity index (χ1n) is 7.02. The number of aromatic amines is 2. The number of rotatable bonds is 6. The Kier molecular flexibility index (Phi) is 5.26. The molecule has 7 nitrogen and oxygen atoms in total. The summed E-state index contributed by atoms with van der Waals surface area (Å²) in [6, 6.07) is 1.13. The molecule has 22 heavy (non-hydrogen) atoms. The molecule has 0 radical (unpaired) electrons. The van der Waals surface area contributed by atoms with E-state index < -0.39 is 11.1 Å². The van der Waals surface area contributed by atoms with Crippen molar-refractivity contribution in [2.24, 2.45) is 0 Å². The molecule has 0 atom stereocenters. The molecule has 1 amide bonds. The van der Waals surface area contributed by atoms with Gasteiger partial charge in [-0.25, -0.2) is 4.98 Å². The van der Waals surface area contributed by atoms with Crippen molar-refractivity contribution in [1.82, 2.24) is 20.5 Å². The van der Waals surface area contributed by atoms with Gasteiger partial charge in [-0.2, -0.15) is 0 Å². The second-order valence-electron chi connectivity index (χ2n) is 4.93. The Balaban J connectivity index is 1.97. The van der Waals surface area contributed by atoms with Crippen LogP contribution in [0.5, 0.6) is 0 Å². The number of amides is 1. The highest BCUT2D eigenvalue weighted by Gasteiger charge is 2.11. The maximum absolute atomic E-state index is 11.9. The van der Waals surface area contributed by atoms with E-state index >= 15 is 0 Å². The molecule has 0 spiro atoms. The predicted molar refractivity (Wildman–Crippen MR) is 84.1 cm³/mol. The molecule has 2 aromatic heterocycles. The van der Waals surface area contributed by atoms with Crippen molar-refractivity contribution < 1.29 is 4.79 Å². The SMILES string of the molecule is CCCc1nc(C)c(CNC(=O)Cc2cc(=O)[nH][nH]c2=O)s1. The van der Waals surface area contributed by atoms with E-state index in [-0.39, 0.29) is 17.9 Å². The van der Waals surface area contributed by atoms with Gasteiger partial charge in [-0.15, -0.1) is 11.3 Å². The Bertz CT molecular complexity index is 775. The third-order valence-corrected chi connectivity index (χ3v) is 4.31. The van der Waals surface area contributed by atoms with Gasteiger partial charge in [0.1, 0.15) is 0 Å². The number of H-pyrrole nitrogens is 2. The van der Waals surface area contributed by atoms with Crippen LogP contribution in [0.4, 0.5) is 0 Å². The Morgan fingerprint density at radius 1 is 1.36 bits per heavy atom. The number of hydrogen-bond donors (Lipinski definition) is 3. The minimum absolute atomic E-state index is 0.126. The Labute approximate surface area is 130 Å². The Hall–Kier alpha value is -2.22. The molecule has 0 aromatic carbocycles. The van der Waals surface area contributed by atoms with Crippen LogP contribution < -0.4 is 16.4 Å². The van der Waals surface area contributed by atoms with Crippen LogP contribution >= 0.6 is 11.3 Å². The molecule has 2 aromatic rings. The molecule has 0 saturated heterocycles. The first-order chi connectivity index (χ1) is 10.5. The fourth-order valence-corrected chi connectivity index (χ4v) is 3.09. The molecule has 0 unspecified atom stereocenters. The first-order valence-corrected chi connectivity index (χ1v) is 7.84. The lowest BCUT2D eigenvalue weighted by Gasteiger charge is -2.03. The van der Waals surface area contributed by atoms with Gasteiger partial charge in [0.05, 0.1) is 23.7 Å². The number of carbonyl (C=O) groups is 1. The second kappa shape index (κ2) is 7.17. The highest BCUT2D eigenvalue weighted by molar-refractivity contribution is 7.11. The standard InChI is InChI=1S/C14H18N4O3S/c1-3-4-13-16-8(2)10(22-13)7-15-11(19)5-9-6-12(20)17-18-14(9)21/h6H,3-5,7H2,1-2H3,(H,15,19)(H,17,20)(H,18,21). The van der Waals surface area contributed by atoms with Crippen molar-refractivity contribution in [3.8, 4) is 0 Å². The van der Waals surface area contributed by atoms with Crippen molar-refractivity contribution >= 4 is 17.2 Å². The van der Waals surface area contributed by atoms with E-state index in [0.29, 0.717) is 6.54 Å². The van der Waals surface area contributed by atoms with Crippen molar-refractivity contribution in [2.45, 2.75) is 39.7 Å². The Morgan fingerprint density at radius 2 is 2.14 bits per heavy atom. The third kappa shape index (κ3) is 4.14. The van der Waals surface area contributed by atoms with E-state index in [4.69, 9.17) is 0 Å². The molecule has 0 bridgehead atoms. The molecular weight excluding hydrogens is 304 g/mol. The van der Waals surface area contributed by atoms with Gasteiger partial charge in [-0.3, -0.25) is 24.6 Å².